The molecule has 2 rings (SSSR count). The van der Waals surface area contributed by atoms with Gasteiger partial charge in [0.05, 0.1) is 0 Å². The van der Waals surface area contributed by atoms with Gasteiger partial charge in [-0.3, -0.25) is 0 Å². The third-order valence-electron chi connectivity index (χ3n) is 4.99. The van der Waals surface area contributed by atoms with Gasteiger partial charge in [-0.25, -0.2) is 0 Å². The summed E-state index contributed by atoms with van der Waals surface area (Å²) >= 11 is 0. The largest absolute Gasteiger partial charge is 0.314 e. The Labute approximate surface area is 107 Å². The van der Waals surface area contributed by atoms with Crippen molar-refractivity contribution in [1.82, 2.24) is 5.32 Å². The molecule has 2 saturated carbocycles. The van der Waals surface area contributed by atoms with Crippen LogP contribution in [0.2, 0.25) is 0 Å². The second-order valence-electron chi connectivity index (χ2n) is 6.22. The van der Waals surface area contributed by atoms with Gasteiger partial charge in [-0.05, 0) is 69.7 Å². The minimum Gasteiger partial charge on any atom is -0.314 e. The summed E-state index contributed by atoms with van der Waals surface area (Å²) in [4.78, 5) is 0. The molecule has 0 spiro atoms. The molecule has 0 amide bonds. The van der Waals surface area contributed by atoms with Gasteiger partial charge in [0.25, 0.3) is 0 Å². The number of hydrogen-bond acceptors (Lipinski definition) is 1. The fourth-order valence-electron chi connectivity index (χ4n) is 3.98. The second-order valence-corrected chi connectivity index (χ2v) is 6.22. The van der Waals surface area contributed by atoms with Gasteiger partial charge in [0.2, 0.25) is 0 Å². The highest BCUT2D eigenvalue weighted by atomic mass is 14.9. The fourth-order valence-corrected chi connectivity index (χ4v) is 3.98. The van der Waals surface area contributed by atoms with Crippen molar-refractivity contribution in [3.05, 3.63) is 12.7 Å². The third kappa shape index (κ3) is 3.58. The molecule has 0 heterocycles. The number of nitrogens with one attached hydrogen (secondary N) is 1. The van der Waals surface area contributed by atoms with Crippen LogP contribution in [0.1, 0.15) is 58.3 Å². The summed E-state index contributed by atoms with van der Waals surface area (Å²) < 4.78 is 0. The van der Waals surface area contributed by atoms with Gasteiger partial charge in [0, 0.05) is 6.04 Å². The van der Waals surface area contributed by atoms with Crippen molar-refractivity contribution in [3.8, 4) is 0 Å². The lowest BCUT2D eigenvalue weighted by molar-refractivity contribution is 0.260. The van der Waals surface area contributed by atoms with E-state index >= 15 is 0 Å². The molecular weight excluding hydrogens is 206 g/mol. The van der Waals surface area contributed by atoms with Crippen LogP contribution in [-0.2, 0) is 0 Å². The minimum atomic E-state index is 0.754. The number of hydrogen-bond donors (Lipinski definition) is 1. The van der Waals surface area contributed by atoms with Gasteiger partial charge in [-0.2, -0.15) is 0 Å². The highest BCUT2D eigenvalue weighted by molar-refractivity contribution is 4.93. The van der Waals surface area contributed by atoms with Crippen molar-refractivity contribution >= 4 is 0 Å². The molecule has 1 heteroatoms. The van der Waals surface area contributed by atoms with E-state index in [4.69, 9.17) is 0 Å². The fraction of sp³-hybridized carbons (Fsp3) is 0.875. The summed E-state index contributed by atoms with van der Waals surface area (Å²) in [6.45, 7) is 7.39. The summed E-state index contributed by atoms with van der Waals surface area (Å²) in [5.74, 6) is 3.13. The van der Waals surface area contributed by atoms with E-state index in [0.717, 1.165) is 23.8 Å². The quantitative estimate of drug-likeness (QED) is 0.492. The van der Waals surface area contributed by atoms with E-state index in [1.54, 1.807) is 0 Å². The molecule has 0 aromatic rings. The second kappa shape index (κ2) is 6.58. The average Bonchev–Trinajstić information content (AvgIpc) is 2.95. The summed E-state index contributed by atoms with van der Waals surface area (Å²) in [6, 6.07) is 0.754. The molecule has 0 aliphatic heterocycles. The van der Waals surface area contributed by atoms with Crippen LogP contribution in [0, 0.1) is 17.8 Å². The lowest BCUT2D eigenvalue weighted by Crippen LogP contribution is -2.36. The summed E-state index contributed by atoms with van der Waals surface area (Å²) in [7, 11) is 0. The lowest BCUT2D eigenvalue weighted by Gasteiger charge is -2.28. The first-order valence-corrected chi connectivity index (χ1v) is 7.65. The number of fused-ring (bicyclic) bond motifs is 2. The van der Waals surface area contributed by atoms with Crippen LogP contribution in [0.4, 0.5) is 0 Å². The molecule has 0 aromatic carbocycles. The zero-order valence-electron chi connectivity index (χ0n) is 11.5. The SMILES string of the molecule is C=CCCCCCNC(C)C1CC2CCC1C2. The lowest BCUT2D eigenvalue weighted by atomic mass is 9.84. The molecule has 2 fully saturated rings. The molecule has 0 radical (unpaired) electrons. The van der Waals surface area contributed by atoms with E-state index in [2.05, 4.69) is 18.8 Å². The number of unbranched alkanes of at least 4 members (excludes halogenated alkanes) is 3. The van der Waals surface area contributed by atoms with Gasteiger partial charge >= 0.3 is 0 Å². The summed E-state index contributed by atoms with van der Waals surface area (Å²) in [6.07, 6.45) is 13.3. The van der Waals surface area contributed by atoms with Crippen molar-refractivity contribution in [1.29, 1.82) is 0 Å². The van der Waals surface area contributed by atoms with Gasteiger partial charge < -0.3 is 5.32 Å². The van der Waals surface area contributed by atoms with E-state index in [1.165, 1.54) is 57.9 Å². The van der Waals surface area contributed by atoms with Crippen LogP contribution in [0.15, 0.2) is 12.7 Å². The smallest absolute Gasteiger partial charge is 0.00697 e. The Hall–Kier alpha value is -0.300. The van der Waals surface area contributed by atoms with Crippen molar-refractivity contribution in [2.24, 2.45) is 17.8 Å². The van der Waals surface area contributed by atoms with Gasteiger partial charge in [-0.15, -0.1) is 6.58 Å². The van der Waals surface area contributed by atoms with E-state index in [0.29, 0.717) is 0 Å². The number of rotatable bonds is 8. The Morgan fingerprint density at radius 3 is 2.76 bits per heavy atom. The Balaban J connectivity index is 1.55. The van der Waals surface area contributed by atoms with Crippen LogP contribution in [0.3, 0.4) is 0 Å². The predicted molar refractivity (Wildman–Crippen MR) is 75.1 cm³/mol. The molecule has 17 heavy (non-hydrogen) atoms. The van der Waals surface area contributed by atoms with Crippen LogP contribution < -0.4 is 5.32 Å². The van der Waals surface area contributed by atoms with Gasteiger partial charge in [0.15, 0.2) is 0 Å². The molecule has 1 N–H and O–H groups in total. The first-order chi connectivity index (χ1) is 8.31. The molecule has 4 unspecified atom stereocenters. The van der Waals surface area contributed by atoms with Crippen molar-refractivity contribution in [3.63, 3.8) is 0 Å². The van der Waals surface area contributed by atoms with Crippen LogP contribution in [0.25, 0.3) is 0 Å². The Morgan fingerprint density at radius 2 is 2.12 bits per heavy atom. The number of allylic oxidation sites excluding steroid dienone is 1. The maximum absolute atomic E-state index is 3.77. The molecule has 0 aromatic heterocycles. The normalized spacial score (nSPS) is 32.9. The maximum Gasteiger partial charge on any atom is 0.00697 e. The Bertz CT molecular complexity index is 236. The summed E-state index contributed by atoms with van der Waals surface area (Å²) in [5, 5.41) is 3.76. The standard InChI is InChI=1S/C16H29N/c1-3-4-5-6-7-10-17-13(2)16-12-14-8-9-15(16)11-14/h3,13-17H,1,4-12H2,2H3. The highest BCUT2D eigenvalue weighted by Gasteiger charge is 2.41. The molecule has 1 nitrogen and oxygen atoms in total. The highest BCUT2D eigenvalue weighted by Crippen LogP contribution is 2.49. The van der Waals surface area contributed by atoms with Crippen molar-refractivity contribution in [2.75, 3.05) is 6.54 Å². The first-order valence-electron chi connectivity index (χ1n) is 7.65. The molecule has 2 aliphatic carbocycles. The van der Waals surface area contributed by atoms with E-state index in [9.17, 15) is 0 Å². The molecular formula is C16H29N. The molecule has 0 saturated heterocycles. The average molecular weight is 235 g/mol. The molecule has 98 valence electrons. The monoisotopic (exact) mass is 235 g/mol. The van der Waals surface area contributed by atoms with E-state index < -0.39 is 0 Å². The molecule has 4 atom stereocenters. The third-order valence-corrected chi connectivity index (χ3v) is 4.99. The van der Waals surface area contributed by atoms with E-state index in [-0.39, 0.29) is 0 Å². The molecule has 2 aliphatic rings. The van der Waals surface area contributed by atoms with Crippen LogP contribution >= 0.6 is 0 Å². The van der Waals surface area contributed by atoms with Crippen molar-refractivity contribution < 1.29 is 0 Å². The van der Waals surface area contributed by atoms with Crippen LogP contribution in [-0.4, -0.2) is 12.6 Å². The first kappa shape index (κ1) is 13.1. The van der Waals surface area contributed by atoms with Crippen molar-refractivity contribution in [2.45, 2.75) is 64.3 Å². The Morgan fingerprint density at radius 1 is 1.24 bits per heavy atom. The van der Waals surface area contributed by atoms with Gasteiger partial charge in [-0.1, -0.05) is 18.9 Å². The minimum absolute atomic E-state index is 0.754. The predicted octanol–water partition coefficient (Wildman–Crippen LogP) is 4.15. The molecule has 2 bridgehead atoms. The maximum atomic E-state index is 3.77. The van der Waals surface area contributed by atoms with E-state index in [1.807, 2.05) is 6.08 Å². The van der Waals surface area contributed by atoms with Crippen LogP contribution in [0.5, 0.6) is 0 Å². The zero-order chi connectivity index (χ0) is 12.1. The zero-order valence-corrected chi connectivity index (χ0v) is 11.5. The summed E-state index contributed by atoms with van der Waals surface area (Å²) in [5.41, 5.74) is 0. The Kier molecular flexibility index (Phi) is 5.09. The topological polar surface area (TPSA) is 12.0 Å². The van der Waals surface area contributed by atoms with Gasteiger partial charge in [0.1, 0.15) is 0 Å².